The molecule has 3 atom stereocenters. The number of amides is 1. The maximum atomic E-state index is 13.1. The maximum Gasteiger partial charge on any atom is 0.226 e. The smallest absolute Gasteiger partial charge is 0.226 e. The van der Waals surface area contributed by atoms with Crippen molar-refractivity contribution in [2.45, 2.75) is 64.0 Å². The summed E-state index contributed by atoms with van der Waals surface area (Å²) in [7, 11) is 0. The average Bonchev–Trinajstić information content (AvgIpc) is 3.48. The summed E-state index contributed by atoms with van der Waals surface area (Å²) in [5.41, 5.74) is 4.23. The van der Waals surface area contributed by atoms with Gasteiger partial charge in [-0.15, -0.1) is 0 Å². The summed E-state index contributed by atoms with van der Waals surface area (Å²) >= 11 is 0. The third-order valence-corrected chi connectivity index (χ3v) is 8.00. The van der Waals surface area contributed by atoms with Crippen molar-refractivity contribution in [1.82, 2.24) is 9.80 Å². The molecule has 162 valence electrons. The fraction of sp³-hybridized carbons (Fsp3) is 0.654. The van der Waals surface area contributed by atoms with E-state index in [9.17, 15) is 4.79 Å². The fourth-order valence-electron chi connectivity index (χ4n) is 6.04. The van der Waals surface area contributed by atoms with Crippen molar-refractivity contribution in [3.63, 3.8) is 0 Å². The van der Waals surface area contributed by atoms with Gasteiger partial charge < -0.3 is 14.5 Å². The van der Waals surface area contributed by atoms with Gasteiger partial charge in [-0.3, -0.25) is 4.79 Å². The molecule has 0 bridgehead atoms. The van der Waals surface area contributed by atoms with E-state index in [1.807, 2.05) is 0 Å². The van der Waals surface area contributed by atoms with Crippen molar-refractivity contribution in [3.05, 3.63) is 41.5 Å². The van der Waals surface area contributed by atoms with Crippen LogP contribution in [0.5, 0.6) is 0 Å². The van der Waals surface area contributed by atoms with Crippen LogP contribution in [0.25, 0.3) is 5.57 Å². The summed E-state index contributed by atoms with van der Waals surface area (Å²) in [6, 6.07) is 10.4. The molecule has 1 aromatic carbocycles. The Morgan fingerprint density at radius 1 is 1.07 bits per heavy atom. The third kappa shape index (κ3) is 4.09. The molecule has 4 aliphatic rings. The van der Waals surface area contributed by atoms with E-state index in [-0.39, 0.29) is 5.92 Å². The lowest BCUT2D eigenvalue weighted by Crippen LogP contribution is -2.41. The molecule has 3 aliphatic heterocycles. The molecule has 5 rings (SSSR count). The van der Waals surface area contributed by atoms with E-state index in [4.69, 9.17) is 4.74 Å². The number of hydrogen-bond acceptors (Lipinski definition) is 3. The molecule has 1 amide bonds. The summed E-state index contributed by atoms with van der Waals surface area (Å²) in [5, 5.41) is 0. The fourth-order valence-corrected chi connectivity index (χ4v) is 6.04. The zero-order chi connectivity index (χ0) is 20.5. The van der Waals surface area contributed by atoms with Crippen molar-refractivity contribution in [2.75, 3.05) is 32.8 Å². The zero-order valence-corrected chi connectivity index (χ0v) is 18.4. The molecule has 0 aromatic heterocycles. The maximum absolute atomic E-state index is 13.1. The number of carbonyl (C=O) groups excluding carboxylic acids is 1. The first-order valence-corrected chi connectivity index (χ1v) is 12.1. The van der Waals surface area contributed by atoms with Crippen LogP contribution >= 0.6 is 0 Å². The van der Waals surface area contributed by atoms with Gasteiger partial charge in [-0.25, -0.2) is 0 Å². The second kappa shape index (κ2) is 8.84. The minimum atomic E-state index is 0.180. The van der Waals surface area contributed by atoms with E-state index < -0.39 is 0 Å². The highest BCUT2D eigenvalue weighted by atomic mass is 16.5. The van der Waals surface area contributed by atoms with Crippen LogP contribution in [0.1, 0.15) is 56.6 Å². The van der Waals surface area contributed by atoms with E-state index in [2.05, 4.69) is 47.1 Å². The Labute approximate surface area is 181 Å². The van der Waals surface area contributed by atoms with E-state index in [1.165, 1.54) is 42.6 Å². The molecule has 3 heterocycles. The van der Waals surface area contributed by atoms with Gasteiger partial charge in [-0.2, -0.15) is 0 Å². The Bertz CT molecular complexity index is 781. The van der Waals surface area contributed by atoms with Gasteiger partial charge in [0.25, 0.3) is 0 Å². The molecule has 0 saturated carbocycles. The van der Waals surface area contributed by atoms with Crippen LogP contribution in [-0.2, 0) is 16.0 Å². The molecule has 4 heteroatoms. The zero-order valence-electron chi connectivity index (χ0n) is 18.4. The Balaban J connectivity index is 1.18. The topological polar surface area (TPSA) is 32.8 Å². The largest absolute Gasteiger partial charge is 0.381 e. The minimum Gasteiger partial charge on any atom is -0.381 e. The second-order valence-corrected chi connectivity index (χ2v) is 9.81. The lowest BCUT2D eigenvalue weighted by atomic mass is 9.97. The lowest BCUT2D eigenvalue weighted by molar-refractivity contribution is -0.139. The summed E-state index contributed by atoms with van der Waals surface area (Å²) in [6.45, 7) is 7.21. The van der Waals surface area contributed by atoms with Gasteiger partial charge in [0.15, 0.2) is 0 Å². The molecule has 3 saturated heterocycles. The quantitative estimate of drug-likeness (QED) is 0.734. The normalized spacial score (nSPS) is 30.0. The van der Waals surface area contributed by atoms with E-state index in [0.29, 0.717) is 17.9 Å². The number of rotatable bonds is 5. The molecule has 30 heavy (non-hydrogen) atoms. The summed E-state index contributed by atoms with van der Waals surface area (Å²) in [6.07, 6.45) is 10.2. The van der Waals surface area contributed by atoms with Crippen LogP contribution in [-0.4, -0.2) is 60.6 Å². The summed E-state index contributed by atoms with van der Waals surface area (Å²) < 4.78 is 5.45. The highest BCUT2D eigenvalue weighted by Crippen LogP contribution is 2.41. The van der Waals surface area contributed by atoms with Gasteiger partial charge in [0.2, 0.25) is 5.91 Å². The molecule has 4 nitrogen and oxygen atoms in total. The number of benzene rings is 1. The second-order valence-electron chi connectivity index (χ2n) is 9.81. The van der Waals surface area contributed by atoms with Crippen LogP contribution in [0.2, 0.25) is 0 Å². The number of carbonyl (C=O) groups is 1. The van der Waals surface area contributed by atoms with Crippen LogP contribution in [0.4, 0.5) is 0 Å². The van der Waals surface area contributed by atoms with Crippen LogP contribution < -0.4 is 0 Å². The van der Waals surface area contributed by atoms with Gasteiger partial charge in [0, 0.05) is 44.3 Å². The molecule has 0 radical (unpaired) electrons. The highest BCUT2D eigenvalue weighted by molar-refractivity contribution is 5.81. The number of fused-ring (bicyclic) bond motifs is 1. The SMILES string of the molecule is C[C@@H]1CCCN1CCc1ccc(C2=C[C@H]3CCN(C(=O)C4CCOCC4)[C@H]3C2)cc1. The first-order valence-electron chi connectivity index (χ1n) is 12.1. The molecule has 3 fully saturated rings. The third-order valence-electron chi connectivity index (χ3n) is 8.00. The predicted molar refractivity (Wildman–Crippen MR) is 120 cm³/mol. The van der Waals surface area contributed by atoms with Crippen LogP contribution in [0.3, 0.4) is 0 Å². The van der Waals surface area contributed by atoms with E-state index in [0.717, 1.165) is 57.9 Å². The molecule has 0 N–H and O–H groups in total. The van der Waals surface area contributed by atoms with Crippen molar-refractivity contribution >= 4 is 11.5 Å². The molecular weight excluding hydrogens is 372 g/mol. The van der Waals surface area contributed by atoms with Gasteiger partial charge >= 0.3 is 0 Å². The number of ether oxygens (including phenoxy) is 1. The minimum absolute atomic E-state index is 0.180. The van der Waals surface area contributed by atoms with E-state index in [1.54, 1.807) is 0 Å². The molecule has 1 aromatic rings. The van der Waals surface area contributed by atoms with Crippen molar-refractivity contribution in [1.29, 1.82) is 0 Å². The number of nitrogens with zero attached hydrogens (tertiary/aromatic N) is 2. The monoisotopic (exact) mass is 408 g/mol. The van der Waals surface area contributed by atoms with Gasteiger partial charge in [0.05, 0.1) is 0 Å². The van der Waals surface area contributed by atoms with Crippen LogP contribution in [0, 0.1) is 11.8 Å². The molecule has 0 spiro atoms. The Hall–Kier alpha value is -1.65. The lowest BCUT2D eigenvalue weighted by Gasteiger charge is -2.30. The van der Waals surface area contributed by atoms with Crippen molar-refractivity contribution < 1.29 is 9.53 Å². The average molecular weight is 409 g/mol. The Kier molecular flexibility index (Phi) is 5.97. The molecule has 1 aliphatic carbocycles. The predicted octanol–water partition coefficient (Wildman–Crippen LogP) is 4.14. The van der Waals surface area contributed by atoms with Gasteiger partial charge in [-0.1, -0.05) is 30.3 Å². The van der Waals surface area contributed by atoms with Gasteiger partial charge in [-0.05, 0) is 81.0 Å². The van der Waals surface area contributed by atoms with Crippen molar-refractivity contribution in [2.24, 2.45) is 11.8 Å². The molecule has 0 unspecified atom stereocenters. The van der Waals surface area contributed by atoms with Gasteiger partial charge in [0.1, 0.15) is 0 Å². The van der Waals surface area contributed by atoms with Crippen LogP contribution in [0.15, 0.2) is 30.3 Å². The summed E-state index contributed by atoms with van der Waals surface area (Å²) in [4.78, 5) is 17.9. The number of hydrogen-bond donors (Lipinski definition) is 0. The standard InChI is InChI=1S/C26H36N2O2/c1-19-3-2-12-27(19)13-8-20-4-6-21(7-5-20)24-17-23-9-14-28(25(23)18-24)26(29)22-10-15-30-16-11-22/h4-7,17,19,22-23,25H,2-3,8-16,18H2,1H3/t19-,23-,25+/m1/s1. The first kappa shape index (κ1) is 20.3. The Morgan fingerprint density at radius 2 is 1.87 bits per heavy atom. The first-order chi connectivity index (χ1) is 14.7. The Morgan fingerprint density at radius 3 is 2.60 bits per heavy atom. The summed E-state index contributed by atoms with van der Waals surface area (Å²) in [5.74, 6) is 1.10. The van der Waals surface area contributed by atoms with Crippen molar-refractivity contribution in [3.8, 4) is 0 Å². The van der Waals surface area contributed by atoms with E-state index >= 15 is 0 Å². The number of likely N-dealkylation sites (tertiary alicyclic amines) is 2. The highest BCUT2D eigenvalue weighted by Gasteiger charge is 2.42. The molecular formula is C26H36N2O2.